The first kappa shape index (κ1) is 17.8. The third kappa shape index (κ3) is 6.46. The summed E-state index contributed by atoms with van der Waals surface area (Å²) in [6.45, 7) is 2.77. The molecule has 0 fully saturated rings. The third-order valence-electron chi connectivity index (χ3n) is 2.93. The van der Waals surface area contributed by atoms with E-state index in [1.54, 1.807) is 6.07 Å². The van der Waals surface area contributed by atoms with Gasteiger partial charge in [-0.25, -0.2) is 0 Å². The van der Waals surface area contributed by atoms with Crippen LogP contribution in [0.4, 0.5) is 13.2 Å². The number of rotatable bonds is 7. The van der Waals surface area contributed by atoms with Crippen LogP contribution in [0.25, 0.3) is 0 Å². The molecule has 1 nitrogen and oxygen atoms in total. The molecule has 1 atom stereocenters. The van der Waals surface area contributed by atoms with Crippen molar-refractivity contribution in [1.29, 1.82) is 0 Å². The van der Waals surface area contributed by atoms with Crippen LogP contribution < -0.4 is 5.32 Å². The van der Waals surface area contributed by atoms with Gasteiger partial charge in [-0.15, -0.1) is 0 Å². The molecule has 0 aliphatic carbocycles. The molecule has 0 aliphatic heterocycles. The molecule has 1 aromatic carbocycles. The first-order chi connectivity index (χ1) is 9.33. The Hall–Kier alpha value is -0.260. The Morgan fingerprint density at radius 2 is 2.05 bits per heavy atom. The zero-order valence-electron chi connectivity index (χ0n) is 11.2. The van der Waals surface area contributed by atoms with Crippen LogP contribution >= 0.6 is 27.5 Å². The highest BCUT2D eigenvalue weighted by atomic mass is 79.9. The monoisotopic (exact) mass is 371 g/mol. The molecule has 114 valence electrons. The molecule has 0 saturated heterocycles. The average Bonchev–Trinajstić information content (AvgIpc) is 2.33. The van der Waals surface area contributed by atoms with Crippen molar-refractivity contribution in [3.05, 3.63) is 33.3 Å². The molecule has 6 heteroatoms. The highest BCUT2D eigenvalue weighted by molar-refractivity contribution is 9.10. The quantitative estimate of drug-likeness (QED) is 0.630. The van der Waals surface area contributed by atoms with E-state index in [0.717, 1.165) is 23.0 Å². The highest BCUT2D eigenvalue weighted by Gasteiger charge is 2.27. The van der Waals surface area contributed by atoms with Crippen molar-refractivity contribution >= 4 is 27.5 Å². The molecule has 0 aliphatic rings. The lowest BCUT2D eigenvalue weighted by Crippen LogP contribution is -2.23. The summed E-state index contributed by atoms with van der Waals surface area (Å²) in [5, 5.41) is 3.83. The lowest BCUT2D eigenvalue weighted by Gasteiger charge is -2.20. The van der Waals surface area contributed by atoms with Crippen LogP contribution in [0.5, 0.6) is 0 Å². The van der Waals surface area contributed by atoms with Gasteiger partial charge >= 0.3 is 6.18 Å². The average molecular weight is 373 g/mol. The second-order valence-corrected chi connectivity index (χ2v) is 6.00. The molecule has 0 heterocycles. The molecular weight excluding hydrogens is 355 g/mol. The fourth-order valence-corrected chi connectivity index (χ4v) is 2.78. The lowest BCUT2D eigenvalue weighted by molar-refractivity contribution is -0.135. The normalized spacial score (nSPS) is 13.5. The van der Waals surface area contributed by atoms with Crippen LogP contribution in [0.2, 0.25) is 5.02 Å². The molecule has 0 amide bonds. The first-order valence-corrected chi connectivity index (χ1v) is 7.75. The van der Waals surface area contributed by atoms with E-state index in [4.69, 9.17) is 11.6 Å². The van der Waals surface area contributed by atoms with Crippen molar-refractivity contribution in [2.24, 2.45) is 0 Å². The summed E-state index contributed by atoms with van der Waals surface area (Å²) in [5.74, 6) is 0. The van der Waals surface area contributed by atoms with Gasteiger partial charge in [-0.2, -0.15) is 13.2 Å². The minimum Gasteiger partial charge on any atom is -0.310 e. The Morgan fingerprint density at radius 3 is 2.60 bits per heavy atom. The van der Waals surface area contributed by atoms with E-state index in [0.29, 0.717) is 11.4 Å². The molecule has 0 radical (unpaired) electrons. The fourth-order valence-electron chi connectivity index (χ4n) is 1.98. The predicted molar refractivity (Wildman–Crippen MR) is 80.1 cm³/mol. The Kier molecular flexibility index (Phi) is 7.34. The van der Waals surface area contributed by atoms with Crippen LogP contribution in [0.1, 0.15) is 44.2 Å². The zero-order valence-corrected chi connectivity index (χ0v) is 13.6. The Bertz CT molecular complexity index is 423. The van der Waals surface area contributed by atoms with Crippen molar-refractivity contribution in [3.8, 4) is 0 Å². The number of nitrogens with one attached hydrogen (secondary N) is 1. The van der Waals surface area contributed by atoms with E-state index in [9.17, 15) is 13.2 Å². The topological polar surface area (TPSA) is 12.0 Å². The largest absolute Gasteiger partial charge is 0.389 e. The van der Waals surface area contributed by atoms with Gasteiger partial charge in [0.1, 0.15) is 0 Å². The van der Waals surface area contributed by atoms with Gasteiger partial charge in [0.15, 0.2) is 0 Å². The van der Waals surface area contributed by atoms with Gasteiger partial charge in [0.2, 0.25) is 0 Å². The highest BCUT2D eigenvalue weighted by Crippen LogP contribution is 2.31. The summed E-state index contributed by atoms with van der Waals surface area (Å²) < 4.78 is 37.6. The summed E-state index contributed by atoms with van der Waals surface area (Å²) in [7, 11) is 0. The van der Waals surface area contributed by atoms with Gasteiger partial charge in [-0.1, -0.05) is 40.5 Å². The molecule has 0 spiro atoms. The van der Waals surface area contributed by atoms with Crippen molar-refractivity contribution in [2.45, 2.75) is 44.8 Å². The maximum absolute atomic E-state index is 12.2. The van der Waals surface area contributed by atoms with E-state index in [1.807, 2.05) is 19.1 Å². The van der Waals surface area contributed by atoms with E-state index < -0.39 is 12.6 Å². The molecule has 0 saturated carbocycles. The van der Waals surface area contributed by atoms with Gasteiger partial charge < -0.3 is 5.32 Å². The van der Waals surface area contributed by atoms with Crippen LogP contribution in [-0.2, 0) is 0 Å². The van der Waals surface area contributed by atoms with Gasteiger partial charge in [0.05, 0.1) is 0 Å². The van der Waals surface area contributed by atoms with Crippen molar-refractivity contribution in [3.63, 3.8) is 0 Å². The maximum atomic E-state index is 12.2. The molecule has 1 unspecified atom stereocenters. The molecule has 1 rings (SSSR count). The number of halogens is 5. The molecule has 0 bridgehead atoms. The minimum atomic E-state index is -4.10. The summed E-state index contributed by atoms with van der Waals surface area (Å²) in [6.07, 6.45) is -3.42. The molecule has 1 N–H and O–H groups in total. The van der Waals surface area contributed by atoms with E-state index in [1.165, 1.54) is 0 Å². The summed E-state index contributed by atoms with van der Waals surface area (Å²) in [5.41, 5.74) is 0.852. The van der Waals surface area contributed by atoms with Crippen LogP contribution in [0.15, 0.2) is 22.7 Å². The number of benzene rings is 1. The smallest absolute Gasteiger partial charge is 0.310 e. The minimum absolute atomic E-state index is 0.0945. The van der Waals surface area contributed by atoms with E-state index in [-0.39, 0.29) is 12.5 Å². The van der Waals surface area contributed by atoms with Gasteiger partial charge in [0.25, 0.3) is 0 Å². The second-order valence-electron chi connectivity index (χ2n) is 4.68. The van der Waals surface area contributed by atoms with Gasteiger partial charge in [-0.3, -0.25) is 0 Å². The Labute approximate surface area is 131 Å². The lowest BCUT2D eigenvalue weighted by atomic mass is 10.0. The third-order valence-corrected chi connectivity index (χ3v) is 3.75. The molecule has 20 heavy (non-hydrogen) atoms. The van der Waals surface area contributed by atoms with Crippen LogP contribution in [0, 0.1) is 0 Å². The summed E-state index contributed by atoms with van der Waals surface area (Å²) in [4.78, 5) is 0. The number of hydrogen-bond donors (Lipinski definition) is 1. The standard InChI is InChI=1S/C14H18BrClF3N/c1-2-8-20-13(4-3-7-14(17,18)19)11-6-5-10(15)9-12(11)16/h5-6,9,13,20H,2-4,7-8H2,1H3. The van der Waals surface area contributed by atoms with E-state index >= 15 is 0 Å². The zero-order chi connectivity index (χ0) is 15.2. The second kappa shape index (κ2) is 8.25. The molecule has 1 aromatic rings. The Balaban J connectivity index is 2.72. The van der Waals surface area contributed by atoms with Crippen molar-refractivity contribution in [2.75, 3.05) is 6.54 Å². The van der Waals surface area contributed by atoms with Crippen molar-refractivity contribution in [1.82, 2.24) is 5.32 Å². The first-order valence-electron chi connectivity index (χ1n) is 6.58. The predicted octanol–water partition coefficient (Wildman–Crippen LogP) is 5.88. The van der Waals surface area contributed by atoms with Gasteiger partial charge in [0, 0.05) is 22.0 Å². The number of hydrogen-bond acceptors (Lipinski definition) is 1. The van der Waals surface area contributed by atoms with Crippen LogP contribution in [-0.4, -0.2) is 12.7 Å². The fraction of sp³-hybridized carbons (Fsp3) is 0.571. The number of alkyl halides is 3. The summed E-state index contributed by atoms with van der Waals surface area (Å²) >= 11 is 9.50. The van der Waals surface area contributed by atoms with Crippen LogP contribution in [0.3, 0.4) is 0 Å². The Morgan fingerprint density at radius 1 is 1.35 bits per heavy atom. The molecule has 0 aromatic heterocycles. The van der Waals surface area contributed by atoms with E-state index in [2.05, 4.69) is 21.2 Å². The SMILES string of the molecule is CCCNC(CCCC(F)(F)F)c1ccc(Br)cc1Cl. The van der Waals surface area contributed by atoms with Gasteiger partial charge in [-0.05, 0) is 43.5 Å². The summed E-state index contributed by atoms with van der Waals surface area (Å²) in [6, 6.07) is 5.33. The molecular formula is C14H18BrClF3N. The maximum Gasteiger partial charge on any atom is 0.389 e. The van der Waals surface area contributed by atoms with Crippen molar-refractivity contribution < 1.29 is 13.2 Å².